The van der Waals surface area contributed by atoms with Gasteiger partial charge in [0.2, 0.25) is 5.82 Å². The van der Waals surface area contributed by atoms with Crippen LogP contribution < -0.4 is 5.32 Å². The monoisotopic (exact) mass is 353 g/mol. The van der Waals surface area contributed by atoms with Crippen LogP contribution in [0.1, 0.15) is 36.6 Å². The second-order valence-corrected chi connectivity index (χ2v) is 5.43. The molecule has 0 radical (unpaired) electrons. The maximum Gasteiger partial charge on any atom is 0.433 e. The van der Waals surface area contributed by atoms with Crippen molar-refractivity contribution >= 4 is 11.7 Å². The zero-order valence-electron chi connectivity index (χ0n) is 13.3. The molecule has 7 nitrogen and oxygen atoms in total. The van der Waals surface area contributed by atoms with Gasteiger partial charge in [-0.3, -0.25) is 4.79 Å². The zero-order valence-corrected chi connectivity index (χ0v) is 13.3. The number of carbonyl (C=O) groups is 1. The number of fused-ring (bicyclic) bond motifs is 1. The topological polar surface area (TPSA) is 85.3 Å². The standard InChI is InChI=1S/C15H14F3N5O2/c1-3-8(2)19-13(24)12-21-14-20-9(10-5-4-6-25-10)7-11(15(16,17)18)23(14)22-12/h4-8H,3H2,1-2H3,(H,19,24). The summed E-state index contributed by atoms with van der Waals surface area (Å²) in [6, 6.07) is 3.65. The summed E-state index contributed by atoms with van der Waals surface area (Å²) in [5.74, 6) is -1.22. The van der Waals surface area contributed by atoms with E-state index in [1.807, 2.05) is 6.92 Å². The van der Waals surface area contributed by atoms with Crippen LogP contribution in [0.25, 0.3) is 17.2 Å². The second-order valence-electron chi connectivity index (χ2n) is 5.43. The van der Waals surface area contributed by atoms with E-state index in [9.17, 15) is 18.0 Å². The number of alkyl halides is 3. The predicted molar refractivity (Wildman–Crippen MR) is 80.7 cm³/mol. The first kappa shape index (κ1) is 16.9. The lowest BCUT2D eigenvalue weighted by Gasteiger charge is -2.09. The highest BCUT2D eigenvalue weighted by atomic mass is 19.4. The molecule has 3 heterocycles. The van der Waals surface area contributed by atoms with E-state index in [0.717, 1.165) is 6.07 Å². The lowest BCUT2D eigenvalue weighted by Crippen LogP contribution is -2.32. The molecule has 3 aromatic rings. The van der Waals surface area contributed by atoms with Crippen molar-refractivity contribution < 1.29 is 22.4 Å². The van der Waals surface area contributed by atoms with E-state index in [4.69, 9.17) is 4.42 Å². The Hall–Kier alpha value is -2.91. The fourth-order valence-corrected chi connectivity index (χ4v) is 2.11. The Morgan fingerprint density at radius 2 is 2.16 bits per heavy atom. The molecule has 132 valence electrons. The SMILES string of the molecule is CCC(C)NC(=O)c1nc2nc(-c3ccco3)cc(C(F)(F)F)n2n1. The highest BCUT2D eigenvalue weighted by Gasteiger charge is 2.36. The smallest absolute Gasteiger partial charge is 0.433 e. The molecule has 0 aliphatic rings. The maximum absolute atomic E-state index is 13.4. The molecule has 0 aliphatic heterocycles. The first-order valence-corrected chi connectivity index (χ1v) is 7.49. The first-order chi connectivity index (χ1) is 11.8. The Balaban J connectivity index is 2.12. The van der Waals surface area contributed by atoms with Gasteiger partial charge in [-0.2, -0.15) is 22.7 Å². The van der Waals surface area contributed by atoms with Gasteiger partial charge in [0.15, 0.2) is 11.5 Å². The lowest BCUT2D eigenvalue weighted by molar-refractivity contribution is -0.142. The van der Waals surface area contributed by atoms with Crippen molar-refractivity contribution in [3.63, 3.8) is 0 Å². The molecule has 0 bridgehead atoms. The number of aromatic nitrogens is 4. The lowest BCUT2D eigenvalue weighted by atomic mass is 10.2. The summed E-state index contributed by atoms with van der Waals surface area (Å²) in [6.07, 6.45) is -2.72. The van der Waals surface area contributed by atoms with Crippen molar-refractivity contribution in [3.05, 3.63) is 36.0 Å². The molecule has 10 heteroatoms. The van der Waals surface area contributed by atoms with E-state index in [2.05, 4.69) is 20.4 Å². The van der Waals surface area contributed by atoms with Crippen LogP contribution in [0.2, 0.25) is 0 Å². The van der Waals surface area contributed by atoms with Gasteiger partial charge in [-0.25, -0.2) is 4.98 Å². The van der Waals surface area contributed by atoms with Crippen LogP contribution in [0.5, 0.6) is 0 Å². The van der Waals surface area contributed by atoms with Crippen LogP contribution in [-0.2, 0) is 6.18 Å². The molecule has 0 aromatic carbocycles. The molecule has 1 atom stereocenters. The van der Waals surface area contributed by atoms with Crippen LogP contribution in [0.3, 0.4) is 0 Å². The minimum absolute atomic E-state index is 0.0499. The number of nitrogens with one attached hydrogen (secondary N) is 1. The summed E-state index contributed by atoms with van der Waals surface area (Å²) in [5, 5.41) is 6.27. The summed E-state index contributed by atoms with van der Waals surface area (Å²) in [7, 11) is 0. The van der Waals surface area contributed by atoms with Crippen molar-refractivity contribution in [2.24, 2.45) is 0 Å². The Morgan fingerprint density at radius 1 is 1.40 bits per heavy atom. The van der Waals surface area contributed by atoms with Crippen LogP contribution in [0.4, 0.5) is 13.2 Å². The molecule has 0 aliphatic carbocycles. The van der Waals surface area contributed by atoms with E-state index >= 15 is 0 Å². The zero-order chi connectivity index (χ0) is 18.2. The third-order valence-corrected chi connectivity index (χ3v) is 3.57. The fourth-order valence-electron chi connectivity index (χ4n) is 2.11. The summed E-state index contributed by atoms with van der Waals surface area (Å²) >= 11 is 0. The second kappa shape index (κ2) is 6.19. The van der Waals surface area contributed by atoms with E-state index in [1.54, 1.807) is 6.92 Å². The Labute approximate surface area is 139 Å². The maximum atomic E-state index is 13.4. The van der Waals surface area contributed by atoms with E-state index in [0.29, 0.717) is 10.9 Å². The van der Waals surface area contributed by atoms with Crippen molar-refractivity contribution in [2.45, 2.75) is 32.5 Å². The number of rotatable bonds is 4. The molecule has 0 saturated carbocycles. The predicted octanol–water partition coefficient (Wildman–Crippen LogP) is 2.93. The van der Waals surface area contributed by atoms with Crippen molar-refractivity contribution in [3.8, 4) is 11.5 Å². The summed E-state index contributed by atoms with van der Waals surface area (Å²) in [6.45, 7) is 3.63. The molecule has 1 N–H and O–H groups in total. The molecule has 0 spiro atoms. The van der Waals surface area contributed by atoms with Crippen LogP contribution in [-0.4, -0.2) is 31.5 Å². The summed E-state index contributed by atoms with van der Waals surface area (Å²) in [4.78, 5) is 19.9. The highest BCUT2D eigenvalue weighted by molar-refractivity contribution is 5.91. The summed E-state index contributed by atoms with van der Waals surface area (Å²) < 4.78 is 45.7. The van der Waals surface area contributed by atoms with Gasteiger partial charge in [-0.05, 0) is 31.5 Å². The highest BCUT2D eigenvalue weighted by Crippen LogP contribution is 2.31. The summed E-state index contributed by atoms with van der Waals surface area (Å²) in [5.41, 5.74) is -1.15. The molecule has 25 heavy (non-hydrogen) atoms. The Bertz CT molecular complexity index is 902. The normalized spacial score (nSPS) is 13.2. The van der Waals surface area contributed by atoms with Crippen LogP contribution >= 0.6 is 0 Å². The first-order valence-electron chi connectivity index (χ1n) is 7.49. The van der Waals surface area contributed by atoms with Gasteiger partial charge < -0.3 is 9.73 Å². The third kappa shape index (κ3) is 3.32. The van der Waals surface area contributed by atoms with Gasteiger partial charge in [0.05, 0.1) is 6.26 Å². The van der Waals surface area contributed by atoms with Gasteiger partial charge >= 0.3 is 6.18 Å². The van der Waals surface area contributed by atoms with Gasteiger partial charge in [-0.1, -0.05) is 6.92 Å². The molecular formula is C15H14F3N5O2. The molecule has 0 saturated heterocycles. The van der Waals surface area contributed by atoms with E-state index < -0.39 is 17.8 Å². The number of furan rings is 1. The van der Waals surface area contributed by atoms with Gasteiger partial charge in [0.25, 0.3) is 11.7 Å². The molecule has 3 rings (SSSR count). The number of nitrogens with zero attached hydrogens (tertiary/aromatic N) is 4. The van der Waals surface area contributed by atoms with Crippen molar-refractivity contribution in [1.82, 2.24) is 24.9 Å². The van der Waals surface area contributed by atoms with E-state index in [1.165, 1.54) is 18.4 Å². The van der Waals surface area contributed by atoms with E-state index in [-0.39, 0.29) is 29.1 Å². The average Bonchev–Trinajstić information content (AvgIpc) is 3.21. The van der Waals surface area contributed by atoms with Crippen molar-refractivity contribution in [2.75, 3.05) is 0 Å². The van der Waals surface area contributed by atoms with Gasteiger partial charge in [0.1, 0.15) is 5.69 Å². The van der Waals surface area contributed by atoms with Crippen molar-refractivity contribution in [1.29, 1.82) is 0 Å². The largest absolute Gasteiger partial charge is 0.463 e. The number of hydrogen-bond donors (Lipinski definition) is 1. The van der Waals surface area contributed by atoms with Gasteiger partial charge in [0, 0.05) is 6.04 Å². The molecule has 0 fully saturated rings. The number of amides is 1. The minimum atomic E-state index is -4.71. The number of halogens is 3. The molecule has 1 unspecified atom stereocenters. The average molecular weight is 353 g/mol. The minimum Gasteiger partial charge on any atom is -0.463 e. The quantitative estimate of drug-likeness (QED) is 0.779. The number of carbonyl (C=O) groups excluding carboxylic acids is 1. The van der Waals surface area contributed by atoms with Crippen LogP contribution in [0, 0.1) is 0 Å². The fraction of sp³-hybridized carbons (Fsp3) is 0.333. The van der Waals surface area contributed by atoms with Gasteiger partial charge in [-0.15, -0.1) is 5.10 Å². The molecular weight excluding hydrogens is 339 g/mol. The Morgan fingerprint density at radius 3 is 2.76 bits per heavy atom. The Kier molecular flexibility index (Phi) is 4.19. The van der Waals surface area contributed by atoms with Crippen LogP contribution in [0.15, 0.2) is 28.9 Å². The molecule has 3 aromatic heterocycles. The molecule has 1 amide bonds. The third-order valence-electron chi connectivity index (χ3n) is 3.57. The number of hydrogen-bond acceptors (Lipinski definition) is 5.